The van der Waals surface area contributed by atoms with Gasteiger partial charge in [-0.2, -0.15) is 0 Å². The summed E-state index contributed by atoms with van der Waals surface area (Å²) in [6.45, 7) is 2.45. The van der Waals surface area contributed by atoms with Crippen LogP contribution in [0, 0.1) is 0 Å². The fourth-order valence-electron chi connectivity index (χ4n) is 1.42. The summed E-state index contributed by atoms with van der Waals surface area (Å²) in [7, 11) is 0. The number of carbonyl (C=O) groups is 2. The SMILES string of the molecule is C/C=C/CCNC(=O)CNC(=O)c1cccc(Cl)c1. The molecule has 0 bridgehead atoms. The lowest BCUT2D eigenvalue weighted by molar-refractivity contribution is -0.120. The molecule has 2 N–H and O–H groups in total. The highest BCUT2D eigenvalue weighted by Gasteiger charge is 2.07. The lowest BCUT2D eigenvalue weighted by Gasteiger charge is -2.06. The van der Waals surface area contributed by atoms with Crippen LogP contribution in [-0.4, -0.2) is 24.9 Å². The predicted octanol–water partition coefficient (Wildman–Crippen LogP) is 2.15. The molecule has 1 aromatic carbocycles. The van der Waals surface area contributed by atoms with E-state index in [0.717, 1.165) is 6.42 Å². The van der Waals surface area contributed by atoms with E-state index in [1.165, 1.54) is 0 Å². The second-order valence-corrected chi connectivity index (χ2v) is 4.34. The predicted molar refractivity (Wildman–Crippen MR) is 76.2 cm³/mol. The molecule has 0 fully saturated rings. The summed E-state index contributed by atoms with van der Waals surface area (Å²) in [4.78, 5) is 23.1. The van der Waals surface area contributed by atoms with Crippen molar-refractivity contribution in [1.82, 2.24) is 10.6 Å². The largest absolute Gasteiger partial charge is 0.354 e. The van der Waals surface area contributed by atoms with Crippen molar-refractivity contribution in [3.05, 3.63) is 47.0 Å². The Morgan fingerprint density at radius 3 is 2.79 bits per heavy atom. The molecule has 0 aliphatic heterocycles. The zero-order valence-electron chi connectivity index (χ0n) is 10.8. The average molecular weight is 281 g/mol. The molecule has 0 atom stereocenters. The van der Waals surface area contributed by atoms with Crippen molar-refractivity contribution in [2.75, 3.05) is 13.1 Å². The van der Waals surface area contributed by atoms with E-state index >= 15 is 0 Å². The number of hydrogen-bond acceptors (Lipinski definition) is 2. The Hall–Kier alpha value is -1.81. The third-order valence-electron chi connectivity index (χ3n) is 2.37. The number of allylic oxidation sites excluding steroid dienone is 1. The molecule has 0 heterocycles. The van der Waals surface area contributed by atoms with E-state index in [4.69, 9.17) is 11.6 Å². The van der Waals surface area contributed by atoms with Gasteiger partial charge in [-0.05, 0) is 31.5 Å². The highest BCUT2D eigenvalue weighted by molar-refractivity contribution is 6.30. The van der Waals surface area contributed by atoms with E-state index in [1.807, 2.05) is 19.1 Å². The van der Waals surface area contributed by atoms with Gasteiger partial charge in [0.15, 0.2) is 0 Å². The third kappa shape index (κ3) is 6.06. The lowest BCUT2D eigenvalue weighted by atomic mass is 10.2. The first-order chi connectivity index (χ1) is 9.13. The molecule has 5 heteroatoms. The van der Waals surface area contributed by atoms with Crippen LogP contribution in [0.5, 0.6) is 0 Å². The van der Waals surface area contributed by atoms with Crippen molar-refractivity contribution in [1.29, 1.82) is 0 Å². The van der Waals surface area contributed by atoms with Crippen LogP contribution in [0.2, 0.25) is 5.02 Å². The summed E-state index contributed by atoms with van der Waals surface area (Å²) in [6.07, 6.45) is 4.67. The Kier molecular flexibility index (Phi) is 6.68. The minimum absolute atomic E-state index is 0.0405. The molecule has 1 rings (SSSR count). The molecular weight excluding hydrogens is 264 g/mol. The minimum Gasteiger partial charge on any atom is -0.354 e. The molecule has 0 aliphatic rings. The van der Waals surface area contributed by atoms with Crippen molar-refractivity contribution < 1.29 is 9.59 Å². The molecule has 1 aromatic rings. The molecule has 0 aromatic heterocycles. The van der Waals surface area contributed by atoms with Gasteiger partial charge in [0.1, 0.15) is 0 Å². The molecule has 0 saturated heterocycles. The number of halogens is 1. The summed E-state index contributed by atoms with van der Waals surface area (Å²) in [5.41, 5.74) is 0.439. The monoisotopic (exact) mass is 280 g/mol. The van der Waals surface area contributed by atoms with Crippen molar-refractivity contribution in [2.24, 2.45) is 0 Å². The number of rotatable bonds is 6. The van der Waals surface area contributed by atoms with Crippen molar-refractivity contribution in [3.8, 4) is 0 Å². The summed E-state index contributed by atoms with van der Waals surface area (Å²) < 4.78 is 0. The zero-order chi connectivity index (χ0) is 14.1. The van der Waals surface area contributed by atoms with E-state index in [0.29, 0.717) is 17.1 Å². The third-order valence-corrected chi connectivity index (χ3v) is 2.60. The van der Waals surface area contributed by atoms with Crippen LogP contribution >= 0.6 is 11.6 Å². The number of amides is 2. The molecule has 0 radical (unpaired) electrons. The molecule has 0 unspecified atom stereocenters. The Bertz CT molecular complexity index is 472. The van der Waals surface area contributed by atoms with E-state index in [2.05, 4.69) is 10.6 Å². The van der Waals surface area contributed by atoms with E-state index in [-0.39, 0.29) is 18.4 Å². The first kappa shape index (κ1) is 15.2. The normalized spacial score (nSPS) is 10.4. The van der Waals surface area contributed by atoms with Crippen LogP contribution in [0.4, 0.5) is 0 Å². The van der Waals surface area contributed by atoms with Gasteiger partial charge in [-0.25, -0.2) is 0 Å². The molecule has 4 nitrogen and oxygen atoms in total. The van der Waals surface area contributed by atoms with Gasteiger partial charge in [0.2, 0.25) is 5.91 Å². The Balaban J connectivity index is 2.32. The molecule has 2 amide bonds. The van der Waals surface area contributed by atoms with Crippen LogP contribution in [0.1, 0.15) is 23.7 Å². The number of carbonyl (C=O) groups excluding carboxylic acids is 2. The highest BCUT2D eigenvalue weighted by atomic mass is 35.5. The van der Waals surface area contributed by atoms with Gasteiger partial charge >= 0.3 is 0 Å². The summed E-state index contributed by atoms with van der Waals surface area (Å²) in [5.74, 6) is -0.522. The van der Waals surface area contributed by atoms with Gasteiger partial charge in [-0.15, -0.1) is 0 Å². The first-order valence-electron chi connectivity index (χ1n) is 6.05. The molecule has 0 aliphatic carbocycles. The van der Waals surface area contributed by atoms with Crippen LogP contribution in [0.3, 0.4) is 0 Å². The van der Waals surface area contributed by atoms with Gasteiger partial charge in [0, 0.05) is 17.1 Å². The topological polar surface area (TPSA) is 58.2 Å². The van der Waals surface area contributed by atoms with Gasteiger partial charge in [0.25, 0.3) is 5.91 Å². The van der Waals surface area contributed by atoms with E-state index in [9.17, 15) is 9.59 Å². The van der Waals surface area contributed by atoms with Crippen LogP contribution in [-0.2, 0) is 4.79 Å². The second-order valence-electron chi connectivity index (χ2n) is 3.90. The Labute approximate surface area is 117 Å². The van der Waals surface area contributed by atoms with Crippen molar-refractivity contribution in [2.45, 2.75) is 13.3 Å². The average Bonchev–Trinajstić information content (AvgIpc) is 2.41. The second kappa shape index (κ2) is 8.32. The molecule has 0 spiro atoms. The Morgan fingerprint density at radius 2 is 2.11 bits per heavy atom. The van der Waals surface area contributed by atoms with Crippen molar-refractivity contribution >= 4 is 23.4 Å². The maximum atomic E-state index is 11.7. The standard InChI is InChI=1S/C14H17ClN2O2/c1-2-3-4-8-16-13(18)10-17-14(19)11-6-5-7-12(15)9-11/h2-3,5-7,9H,4,8,10H2,1H3,(H,16,18)(H,17,19)/b3-2+. The molecule has 19 heavy (non-hydrogen) atoms. The van der Waals surface area contributed by atoms with Gasteiger partial charge in [-0.3, -0.25) is 9.59 Å². The molecule has 0 saturated carbocycles. The maximum Gasteiger partial charge on any atom is 0.251 e. The van der Waals surface area contributed by atoms with Gasteiger partial charge < -0.3 is 10.6 Å². The first-order valence-corrected chi connectivity index (χ1v) is 6.43. The van der Waals surface area contributed by atoms with E-state index < -0.39 is 0 Å². The van der Waals surface area contributed by atoms with Gasteiger partial charge in [-0.1, -0.05) is 29.8 Å². The minimum atomic E-state index is -0.314. The fraction of sp³-hybridized carbons (Fsp3) is 0.286. The smallest absolute Gasteiger partial charge is 0.251 e. The summed E-state index contributed by atoms with van der Waals surface area (Å²) >= 11 is 5.78. The van der Waals surface area contributed by atoms with Crippen molar-refractivity contribution in [3.63, 3.8) is 0 Å². The number of hydrogen-bond donors (Lipinski definition) is 2. The van der Waals surface area contributed by atoms with E-state index in [1.54, 1.807) is 24.3 Å². The van der Waals surface area contributed by atoms with Crippen LogP contribution in [0.25, 0.3) is 0 Å². The van der Waals surface area contributed by atoms with Gasteiger partial charge in [0.05, 0.1) is 6.54 Å². The quantitative estimate of drug-likeness (QED) is 0.620. The Morgan fingerprint density at radius 1 is 1.32 bits per heavy atom. The van der Waals surface area contributed by atoms with Crippen LogP contribution < -0.4 is 10.6 Å². The summed E-state index contributed by atoms with van der Waals surface area (Å²) in [6, 6.07) is 6.58. The zero-order valence-corrected chi connectivity index (χ0v) is 11.5. The highest BCUT2D eigenvalue weighted by Crippen LogP contribution is 2.10. The number of nitrogens with one attached hydrogen (secondary N) is 2. The van der Waals surface area contributed by atoms with Crippen LogP contribution in [0.15, 0.2) is 36.4 Å². The number of benzene rings is 1. The molecule has 102 valence electrons. The maximum absolute atomic E-state index is 11.7. The molecular formula is C14H17ClN2O2. The fourth-order valence-corrected chi connectivity index (χ4v) is 1.61. The lowest BCUT2D eigenvalue weighted by Crippen LogP contribution is -2.37. The summed E-state index contributed by atoms with van der Waals surface area (Å²) in [5, 5.41) is 5.73.